The van der Waals surface area contributed by atoms with Gasteiger partial charge in [0.2, 0.25) is 0 Å². The third kappa shape index (κ3) is 6.42. The topological polar surface area (TPSA) is 158 Å². The molecular formula is C21H32N6O6. The van der Waals surface area contributed by atoms with Crippen molar-refractivity contribution in [2.75, 3.05) is 19.8 Å². The van der Waals surface area contributed by atoms with Crippen LogP contribution in [0, 0.1) is 0 Å². The average Bonchev–Trinajstić information content (AvgIpc) is 3.47. The van der Waals surface area contributed by atoms with Gasteiger partial charge in [-0.1, -0.05) is 52.9 Å². The molecule has 2 heterocycles. The lowest BCUT2D eigenvalue weighted by atomic mass is 9.88. The third-order valence-electron chi connectivity index (χ3n) is 4.95. The number of aromatic nitrogens is 3. The summed E-state index contributed by atoms with van der Waals surface area (Å²) in [5, 5.41) is 21.3. The minimum Gasteiger partial charge on any atom is -0.463 e. The number of rotatable bonds is 15. The number of H-pyrrole nitrogens is 1. The van der Waals surface area contributed by atoms with E-state index in [-0.39, 0.29) is 31.2 Å². The van der Waals surface area contributed by atoms with Crippen LogP contribution in [0.4, 0.5) is 0 Å². The van der Waals surface area contributed by atoms with Gasteiger partial charge in [0.25, 0.3) is 5.54 Å². The maximum absolute atomic E-state index is 13.2. The van der Waals surface area contributed by atoms with Gasteiger partial charge in [0.05, 0.1) is 19.8 Å². The van der Waals surface area contributed by atoms with Crippen molar-refractivity contribution in [2.45, 2.75) is 77.7 Å². The molecule has 1 unspecified atom stereocenters. The summed E-state index contributed by atoms with van der Waals surface area (Å²) >= 11 is 0. The Balaban J connectivity index is 2.32. The van der Waals surface area contributed by atoms with Gasteiger partial charge in [0, 0.05) is 0 Å². The summed E-state index contributed by atoms with van der Waals surface area (Å²) < 4.78 is 15.9. The highest BCUT2D eigenvalue weighted by atomic mass is 16.5. The molecule has 0 bridgehead atoms. The number of hydrogen-bond acceptors (Lipinski definition) is 11. The van der Waals surface area contributed by atoms with E-state index in [1.54, 1.807) is 0 Å². The highest BCUT2D eigenvalue weighted by Gasteiger charge is 2.58. The molecule has 1 aliphatic heterocycles. The van der Waals surface area contributed by atoms with Crippen molar-refractivity contribution < 1.29 is 28.6 Å². The Morgan fingerprint density at radius 2 is 1.42 bits per heavy atom. The predicted molar refractivity (Wildman–Crippen MR) is 117 cm³/mol. The van der Waals surface area contributed by atoms with Crippen molar-refractivity contribution in [3.05, 3.63) is 11.4 Å². The van der Waals surface area contributed by atoms with Gasteiger partial charge in [-0.05, 0) is 24.5 Å². The van der Waals surface area contributed by atoms with Crippen molar-refractivity contribution in [1.29, 1.82) is 0 Å². The van der Waals surface area contributed by atoms with Crippen LogP contribution in [0.15, 0.2) is 15.4 Å². The van der Waals surface area contributed by atoms with E-state index < -0.39 is 29.2 Å². The summed E-state index contributed by atoms with van der Waals surface area (Å²) in [6.45, 7) is 6.34. The average molecular weight is 465 g/mol. The van der Waals surface area contributed by atoms with Crippen molar-refractivity contribution in [2.24, 2.45) is 15.4 Å². The molecule has 0 amide bonds. The first-order valence-corrected chi connectivity index (χ1v) is 11.5. The Labute approximate surface area is 192 Å². The van der Waals surface area contributed by atoms with Crippen LogP contribution in [0.3, 0.4) is 0 Å². The smallest absolute Gasteiger partial charge is 0.360 e. The molecule has 1 aliphatic rings. The molecular weight excluding hydrogens is 432 g/mol. The number of unbranched alkanes of at least 4 members (excludes halogenated alkanes) is 5. The maximum Gasteiger partial charge on any atom is 0.360 e. The Morgan fingerprint density at radius 1 is 0.788 bits per heavy atom. The van der Waals surface area contributed by atoms with Gasteiger partial charge in [-0.15, -0.1) is 15.3 Å². The molecule has 0 spiro atoms. The highest BCUT2D eigenvalue weighted by Crippen LogP contribution is 2.35. The van der Waals surface area contributed by atoms with Crippen molar-refractivity contribution in [3.63, 3.8) is 0 Å². The maximum atomic E-state index is 13.2. The predicted octanol–water partition coefficient (Wildman–Crippen LogP) is 3.25. The largest absolute Gasteiger partial charge is 0.463 e. The summed E-state index contributed by atoms with van der Waals surface area (Å²) in [5.74, 6) is -2.66. The molecule has 1 aromatic rings. The van der Waals surface area contributed by atoms with E-state index in [1.165, 1.54) is 0 Å². The summed E-state index contributed by atoms with van der Waals surface area (Å²) in [6.07, 6.45) is 6.48. The number of ether oxygens (including phenoxy) is 3. The first-order valence-electron chi connectivity index (χ1n) is 11.5. The molecule has 12 heteroatoms. The van der Waals surface area contributed by atoms with Crippen molar-refractivity contribution >= 4 is 23.6 Å². The van der Waals surface area contributed by atoms with Gasteiger partial charge >= 0.3 is 17.9 Å². The normalized spacial score (nSPS) is 17.0. The summed E-state index contributed by atoms with van der Waals surface area (Å²) in [4.78, 5) is 38.7. The molecule has 0 saturated carbocycles. The molecule has 0 saturated heterocycles. The zero-order chi connectivity index (χ0) is 24.1. The second kappa shape index (κ2) is 13.4. The van der Waals surface area contributed by atoms with Crippen LogP contribution in [-0.4, -0.2) is 58.9 Å². The number of nitrogens with one attached hydrogen (secondary N) is 1. The second-order valence-corrected chi connectivity index (χ2v) is 7.54. The highest BCUT2D eigenvalue weighted by molar-refractivity contribution is 6.44. The van der Waals surface area contributed by atoms with E-state index in [4.69, 9.17) is 14.2 Å². The van der Waals surface area contributed by atoms with E-state index in [0.717, 1.165) is 32.1 Å². The van der Waals surface area contributed by atoms with Crippen molar-refractivity contribution in [3.8, 4) is 0 Å². The van der Waals surface area contributed by atoms with Crippen LogP contribution >= 0.6 is 0 Å². The SMILES string of the molecule is CCCCCCOC(=O)c1n[nH]nc1C1(C(=O)OCCCC)N=NN=C1C(=O)OCCCC. The Bertz CT molecular complexity index is 867. The Morgan fingerprint density at radius 3 is 2.12 bits per heavy atom. The molecule has 0 aliphatic carbocycles. The van der Waals surface area contributed by atoms with Crippen molar-refractivity contribution in [1.82, 2.24) is 15.4 Å². The molecule has 1 N–H and O–H groups in total. The van der Waals surface area contributed by atoms with Gasteiger partial charge in [-0.3, -0.25) is 0 Å². The number of carbonyl (C=O) groups is 3. The van der Waals surface area contributed by atoms with Gasteiger partial charge in [0.1, 0.15) is 5.69 Å². The van der Waals surface area contributed by atoms with Crippen LogP contribution in [0.2, 0.25) is 0 Å². The first kappa shape index (κ1) is 26.1. The molecule has 1 atom stereocenters. The Hall–Kier alpha value is -3.18. The minimum atomic E-state index is -2.21. The van der Waals surface area contributed by atoms with E-state index in [2.05, 4.69) is 37.8 Å². The fourth-order valence-corrected chi connectivity index (χ4v) is 3.01. The fourth-order valence-electron chi connectivity index (χ4n) is 3.01. The molecule has 2 rings (SSSR count). The number of aromatic amines is 1. The summed E-state index contributed by atoms with van der Waals surface area (Å²) in [7, 11) is 0. The van der Waals surface area contributed by atoms with Gasteiger partial charge in [0.15, 0.2) is 11.4 Å². The monoisotopic (exact) mass is 464 g/mol. The quantitative estimate of drug-likeness (QED) is 0.235. The number of carbonyl (C=O) groups excluding carboxylic acids is 3. The lowest BCUT2D eigenvalue weighted by molar-refractivity contribution is -0.149. The molecule has 12 nitrogen and oxygen atoms in total. The van der Waals surface area contributed by atoms with E-state index in [9.17, 15) is 14.4 Å². The van der Waals surface area contributed by atoms with E-state index in [0.29, 0.717) is 19.3 Å². The fraction of sp³-hybridized carbons (Fsp3) is 0.714. The zero-order valence-corrected chi connectivity index (χ0v) is 19.5. The van der Waals surface area contributed by atoms with Gasteiger partial charge in [-0.2, -0.15) is 10.3 Å². The van der Waals surface area contributed by atoms with Crippen LogP contribution in [-0.2, 0) is 29.3 Å². The minimum absolute atomic E-state index is 0.0832. The number of esters is 3. The summed E-state index contributed by atoms with van der Waals surface area (Å²) in [5.41, 5.74) is -3.21. The Kier molecular flexibility index (Phi) is 10.6. The van der Waals surface area contributed by atoms with Crippen LogP contribution in [0.5, 0.6) is 0 Å². The third-order valence-corrected chi connectivity index (χ3v) is 4.95. The number of nitrogens with zero attached hydrogens (tertiary/aromatic N) is 5. The van der Waals surface area contributed by atoms with E-state index >= 15 is 0 Å². The first-order chi connectivity index (χ1) is 16.0. The number of hydrogen-bond donors (Lipinski definition) is 1. The molecule has 182 valence electrons. The van der Waals surface area contributed by atoms with Crippen LogP contribution in [0.25, 0.3) is 0 Å². The zero-order valence-electron chi connectivity index (χ0n) is 19.5. The van der Waals surface area contributed by atoms with E-state index in [1.807, 2.05) is 13.8 Å². The molecule has 1 aromatic heterocycles. The lowest BCUT2D eigenvalue weighted by Crippen LogP contribution is -2.47. The van der Waals surface area contributed by atoms with Crippen LogP contribution < -0.4 is 0 Å². The standard InChI is InChI=1S/C21H32N6O6/c1-4-7-10-11-14-31-18(28)15-16(23-26-22-15)21(20(30)33-13-9-6-3)17(24-27-25-21)19(29)32-12-8-5-2/h4-14H2,1-3H3,(H,22,23,26). The molecule has 0 fully saturated rings. The summed E-state index contributed by atoms with van der Waals surface area (Å²) in [6, 6.07) is 0. The molecule has 0 radical (unpaired) electrons. The van der Waals surface area contributed by atoms with Gasteiger partial charge in [-0.25, -0.2) is 14.4 Å². The molecule has 33 heavy (non-hydrogen) atoms. The van der Waals surface area contributed by atoms with Crippen LogP contribution in [0.1, 0.15) is 88.3 Å². The second-order valence-electron chi connectivity index (χ2n) is 7.54. The van der Waals surface area contributed by atoms with Gasteiger partial charge < -0.3 is 14.2 Å². The lowest BCUT2D eigenvalue weighted by Gasteiger charge is -2.22. The molecule has 0 aromatic carbocycles.